The maximum Gasteiger partial charge on any atom is 0.332 e. The zero-order chi connectivity index (χ0) is 30.1. The van der Waals surface area contributed by atoms with E-state index in [0.717, 1.165) is 4.57 Å². The molecule has 43 heavy (non-hydrogen) atoms. The number of halogens is 2. The molecule has 238 valence electrons. The lowest BCUT2D eigenvalue weighted by atomic mass is 10.2. The summed E-state index contributed by atoms with van der Waals surface area (Å²) in [6, 6.07) is 16.0. The lowest BCUT2D eigenvalue weighted by Crippen LogP contribution is -2.44. The van der Waals surface area contributed by atoms with Crippen LogP contribution in [-0.2, 0) is 20.6 Å². The number of rotatable bonds is 11. The number of phenolic OH excluding ortho intramolecular Hbond substituents is 1. The third kappa shape index (κ3) is 10.0. The van der Waals surface area contributed by atoms with Crippen LogP contribution < -0.4 is 20.7 Å². The predicted molar refractivity (Wildman–Crippen MR) is 170 cm³/mol. The highest BCUT2D eigenvalue weighted by molar-refractivity contribution is 5.85. The summed E-state index contributed by atoms with van der Waals surface area (Å²) in [6.45, 7) is 4.66. The van der Waals surface area contributed by atoms with Gasteiger partial charge in [-0.1, -0.05) is 30.3 Å². The minimum Gasteiger partial charge on any atom is -0.508 e. The number of imidazole rings is 1. The number of aromatic hydroxyl groups is 1. The molecule has 3 N–H and O–H groups in total. The van der Waals surface area contributed by atoms with Crippen LogP contribution in [-0.4, -0.2) is 84.0 Å². The summed E-state index contributed by atoms with van der Waals surface area (Å²) in [7, 11) is 4.51. The first-order chi connectivity index (χ1) is 19.5. The van der Waals surface area contributed by atoms with Gasteiger partial charge in [0.25, 0.3) is 5.56 Å². The molecule has 2 unspecified atom stereocenters. The number of ether oxygens (including phenoxy) is 2. The van der Waals surface area contributed by atoms with Crippen LogP contribution in [0.25, 0.3) is 11.2 Å². The maximum atomic E-state index is 12.6. The van der Waals surface area contributed by atoms with Gasteiger partial charge in [-0.05, 0) is 38.1 Å². The molecule has 0 amide bonds. The number of aryl methyl sites for hydroxylation is 1. The molecule has 0 radical (unpaired) electrons. The van der Waals surface area contributed by atoms with Gasteiger partial charge < -0.3 is 29.4 Å². The Morgan fingerprint density at radius 2 is 1.47 bits per heavy atom. The SMILES string of the molecule is COc1ccccc1OCC(O)CN(CC(O)Cn1cnc2c1c(=O)n(C)c(=O)n2C)C(C)C.Cl.Cl.Oc1ccccc1. The molecule has 0 bridgehead atoms. The van der Waals surface area contributed by atoms with Crippen molar-refractivity contribution < 1.29 is 24.8 Å². The number of aliphatic hydroxyl groups excluding tert-OH is 2. The molecule has 0 aliphatic rings. The number of phenols is 1. The van der Waals surface area contributed by atoms with E-state index >= 15 is 0 Å². The molecule has 0 saturated heterocycles. The van der Waals surface area contributed by atoms with Crippen molar-refractivity contribution in [2.24, 2.45) is 14.1 Å². The van der Waals surface area contributed by atoms with E-state index in [1.165, 1.54) is 17.9 Å². The Hall–Kier alpha value is -3.55. The Morgan fingerprint density at radius 3 is 2.02 bits per heavy atom. The molecule has 4 rings (SSSR count). The van der Waals surface area contributed by atoms with Crippen LogP contribution in [0, 0.1) is 0 Å². The van der Waals surface area contributed by atoms with Gasteiger partial charge in [-0.3, -0.25) is 18.8 Å². The Morgan fingerprint density at radius 1 is 0.884 bits per heavy atom. The fraction of sp³-hybridized carbons (Fsp3) is 0.414. The largest absolute Gasteiger partial charge is 0.508 e. The minimum atomic E-state index is -0.843. The fourth-order valence-electron chi connectivity index (χ4n) is 4.26. The Labute approximate surface area is 262 Å². The number of para-hydroxylation sites is 3. The van der Waals surface area contributed by atoms with E-state index in [0.29, 0.717) is 17.2 Å². The smallest absolute Gasteiger partial charge is 0.332 e. The van der Waals surface area contributed by atoms with Crippen molar-refractivity contribution in [2.75, 3.05) is 26.8 Å². The van der Waals surface area contributed by atoms with Crippen molar-refractivity contribution in [3.63, 3.8) is 0 Å². The predicted octanol–water partition coefficient (Wildman–Crippen LogP) is 2.19. The first-order valence-electron chi connectivity index (χ1n) is 13.2. The highest BCUT2D eigenvalue weighted by atomic mass is 35.5. The summed E-state index contributed by atoms with van der Waals surface area (Å²) in [5, 5.41) is 30.0. The summed E-state index contributed by atoms with van der Waals surface area (Å²) in [6.07, 6.45) is -0.191. The molecular formula is C29H41Cl2N5O7. The Kier molecular flexibility index (Phi) is 15.3. The van der Waals surface area contributed by atoms with Crippen LogP contribution in [0.15, 0.2) is 70.5 Å². The molecule has 0 spiro atoms. The number of hydrogen-bond donors (Lipinski definition) is 3. The van der Waals surface area contributed by atoms with E-state index in [1.807, 2.05) is 36.9 Å². The monoisotopic (exact) mass is 641 g/mol. The van der Waals surface area contributed by atoms with Crippen molar-refractivity contribution >= 4 is 36.0 Å². The van der Waals surface area contributed by atoms with Crippen molar-refractivity contribution in [2.45, 2.75) is 38.6 Å². The average molecular weight is 643 g/mol. The Balaban J connectivity index is 0.000000902. The number of aromatic nitrogens is 4. The summed E-state index contributed by atoms with van der Waals surface area (Å²) in [5.74, 6) is 1.45. The Bertz CT molecular complexity index is 1530. The van der Waals surface area contributed by atoms with Crippen molar-refractivity contribution in [3.8, 4) is 17.2 Å². The molecule has 0 aliphatic carbocycles. The highest BCUT2D eigenvalue weighted by Gasteiger charge is 2.21. The number of methoxy groups -OCH3 is 1. The van der Waals surface area contributed by atoms with Crippen LogP contribution in [0.5, 0.6) is 17.2 Å². The zero-order valence-electron chi connectivity index (χ0n) is 24.9. The standard InChI is InChI=1S/C23H33N5O6.C6H6O.2ClH/c1-15(2)27(12-17(30)13-34-19-9-7-6-8-18(19)33-5)10-16(29)11-28-14-24-21-20(28)22(31)26(4)23(32)25(21)3;7-6-4-2-1-3-5-6;;/h6-9,14-17,29-30H,10-13H2,1-5H3;1-5,7H;2*1H. The maximum absolute atomic E-state index is 12.6. The summed E-state index contributed by atoms with van der Waals surface area (Å²) in [5.41, 5.74) is -0.402. The van der Waals surface area contributed by atoms with Crippen LogP contribution in [0.3, 0.4) is 0 Å². The van der Waals surface area contributed by atoms with Gasteiger partial charge >= 0.3 is 5.69 Å². The molecule has 2 aromatic heterocycles. The van der Waals surface area contributed by atoms with Gasteiger partial charge in [-0.25, -0.2) is 9.78 Å². The van der Waals surface area contributed by atoms with Gasteiger partial charge in [-0.15, -0.1) is 24.8 Å². The molecule has 2 heterocycles. The highest BCUT2D eigenvalue weighted by Crippen LogP contribution is 2.25. The molecule has 12 nitrogen and oxygen atoms in total. The van der Waals surface area contributed by atoms with E-state index < -0.39 is 23.5 Å². The normalized spacial score (nSPS) is 12.1. The molecule has 2 aromatic carbocycles. The number of aliphatic hydroxyl groups is 2. The van der Waals surface area contributed by atoms with Crippen LogP contribution in [0.4, 0.5) is 0 Å². The topological polar surface area (TPSA) is 144 Å². The van der Waals surface area contributed by atoms with E-state index in [4.69, 9.17) is 14.6 Å². The quantitative estimate of drug-likeness (QED) is 0.224. The second-order valence-electron chi connectivity index (χ2n) is 9.93. The summed E-state index contributed by atoms with van der Waals surface area (Å²) < 4.78 is 14.9. The fourth-order valence-corrected chi connectivity index (χ4v) is 4.26. The van der Waals surface area contributed by atoms with Gasteiger partial charge in [0.2, 0.25) is 0 Å². The number of hydrogen-bond acceptors (Lipinski definition) is 9. The van der Waals surface area contributed by atoms with Gasteiger partial charge in [-0.2, -0.15) is 0 Å². The van der Waals surface area contributed by atoms with E-state index in [1.54, 1.807) is 55.1 Å². The van der Waals surface area contributed by atoms with Crippen LogP contribution >= 0.6 is 24.8 Å². The first-order valence-corrected chi connectivity index (χ1v) is 13.2. The first kappa shape index (κ1) is 37.5. The molecule has 0 aliphatic heterocycles. The van der Waals surface area contributed by atoms with E-state index in [2.05, 4.69) is 4.98 Å². The van der Waals surface area contributed by atoms with Gasteiger partial charge in [0.05, 0.1) is 26.1 Å². The number of fused-ring (bicyclic) bond motifs is 1. The van der Waals surface area contributed by atoms with Gasteiger partial charge in [0.1, 0.15) is 18.5 Å². The van der Waals surface area contributed by atoms with Crippen molar-refractivity contribution in [3.05, 3.63) is 81.8 Å². The van der Waals surface area contributed by atoms with E-state index in [9.17, 15) is 19.8 Å². The minimum absolute atomic E-state index is 0. The molecule has 14 heteroatoms. The van der Waals surface area contributed by atoms with Crippen molar-refractivity contribution in [1.82, 2.24) is 23.6 Å². The summed E-state index contributed by atoms with van der Waals surface area (Å²) >= 11 is 0. The molecule has 0 saturated carbocycles. The number of nitrogens with zero attached hydrogens (tertiary/aromatic N) is 5. The molecule has 4 aromatic rings. The molecule has 2 atom stereocenters. The van der Waals surface area contributed by atoms with Crippen molar-refractivity contribution in [1.29, 1.82) is 0 Å². The van der Waals surface area contributed by atoms with Gasteiger partial charge in [0, 0.05) is 33.2 Å². The zero-order valence-corrected chi connectivity index (χ0v) is 26.5. The number of benzene rings is 2. The lowest BCUT2D eigenvalue weighted by molar-refractivity contribution is 0.0285. The third-order valence-corrected chi connectivity index (χ3v) is 6.50. The van der Waals surface area contributed by atoms with Crippen LogP contribution in [0.1, 0.15) is 13.8 Å². The van der Waals surface area contributed by atoms with Crippen LogP contribution in [0.2, 0.25) is 0 Å². The lowest BCUT2D eigenvalue weighted by Gasteiger charge is -2.30. The summed E-state index contributed by atoms with van der Waals surface area (Å²) in [4.78, 5) is 30.9. The van der Waals surface area contributed by atoms with E-state index in [-0.39, 0.29) is 68.3 Å². The second kappa shape index (κ2) is 17.5. The van der Waals surface area contributed by atoms with Gasteiger partial charge in [0.15, 0.2) is 22.7 Å². The third-order valence-electron chi connectivity index (χ3n) is 6.50. The molecule has 0 fully saturated rings. The molecular weight excluding hydrogens is 601 g/mol. The second-order valence-corrected chi connectivity index (χ2v) is 9.93. The average Bonchev–Trinajstić information content (AvgIpc) is 3.37.